The van der Waals surface area contributed by atoms with E-state index < -0.39 is 0 Å². The lowest BCUT2D eigenvalue weighted by Gasteiger charge is -2.33. The van der Waals surface area contributed by atoms with E-state index in [0.29, 0.717) is 12.0 Å². The first-order valence-electron chi connectivity index (χ1n) is 6.11. The first-order valence-corrected chi connectivity index (χ1v) is 6.11. The van der Waals surface area contributed by atoms with Gasteiger partial charge in [0.1, 0.15) is 5.82 Å². The van der Waals surface area contributed by atoms with Crippen molar-refractivity contribution in [1.29, 1.82) is 0 Å². The predicted molar refractivity (Wildman–Crippen MR) is 72.1 cm³/mol. The van der Waals surface area contributed by atoms with Crippen molar-refractivity contribution in [3.8, 4) is 0 Å². The second-order valence-electron chi connectivity index (χ2n) is 4.93. The molecule has 98 valence electrons. The minimum Gasteiger partial charge on any atom is -0.337 e. The van der Waals surface area contributed by atoms with Crippen LogP contribution in [-0.2, 0) is 13.6 Å². The largest absolute Gasteiger partial charge is 0.337 e. The van der Waals surface area contributed by atoms with Crippen LogP contribution in [0.5, 0.6) is 0 Å². The number of nitrogens with two attached hydrogens (primary N) is 1. The summed E-state index contributed by atoms with van der Waals surface area (Å²) in [6.45, 7) is 5.40. The molecule has 2 heterocycles. The van der Waals surface area contributed by atoms with Crippen LogP contribution < -0.4 is 5.73 Å². The molecule has 1 aromatic rings. The molecule has 2 N–H and O–H groups in total. The Hall–Kier alpha value is -0.580. The van der Waals surface area contributed by atoms with E-state index >= 15 is 0 Å². The van der Waals surface area contributed by atoms with Crippen LogP contribution in [0.3, 0.4) is 0 Å². The number of nitrogens with zero attached hydrogens (tertiary/aromatic N) is 3. The van der Waals surface area contributed by atoms with Gasteiger partial charge in [-0.3, -0.25) is 4.90 Å². The van der Waals surface area contributed by atoms with Gasteiger partial charge >= 0.3 is 0 Å². The minimum absolute atomic E-state index is 0. The molecule has 1 unspecified atom stereocenters. The number of hydrogen-bond acceptors (Lipinski definition) is 3. The number of rotatable bonds is 3. The van der Waals surface area contributed by atoms with Gasteiger partial charge in [-0.05, 0) is 38.8 Å². The lowest BCUT2D eigenvalue weighted by atomic mass is 9.91. The molecule has 1 aromatic heterocycles. The lowest BCUT2D eigenvalue weighted by molar-refractivity contribution is 0.161. The summed E-state index contributed by atoms with van der Waals surface area (Å²) in [6.07, 6.45) is 6.32. The molecule has 0 spiro atoms. The number of aryl methyl sites for hydroxylation is 1. The molecule has 5 heteroatoms. The summed E-state index contributed by atoms with van der Waals surface area (Å²) in [5.74, 6) is 1.86. The number of aromatic nitrogens is 2. The standard InChI is InChI=1S/C12H22N4.ClH/c1-10(13)11-3-6-16(7-4-11)9-12-14-5-8-15(12)2;/h5,8,10-11H,3-4,6-7,9,13H2,1-2H3;1H. The molecule has 0 bridgehead atoms. The molecule has 0 aromatic carbocycles. The van der Waals surface area contributed by atoms with Crippen LogP contribution in [0.2, 0.25) is 0 Å². The SMILES string of the molecule is CC(N)C1CCN(Cc2nccn2C)CC1.Cl. The molecule has 0 aliphatic carbocycles. The van der Waals surface area contributed by atoms with Crippen molar-refractivity contribution in [2.45, 2.75) is 32.4 Å². The van der Waals surface area contributed by atoms with Gasteiger partial charge in [0.25, 0.3) is 0 Å². The molecular formula is C12H23ClN4. The highest BCUT2D eigenvalue weighted by atomic mass is 35.5. The van der Waals surface area contributed by atoms with Crippen molar-refractivity contribution in [2.75, 3.05) is 13.1 Å². The highest BCUT2D eigenvalue weighted by molar-refractivity contribution is 5.85. The molecule has 0 saturated carbocycles. The Morgan fingerprint density at radius 2 is 2.12 bits per heavy atom. The van der Waals surface area contributed by atoms with Crippen molar-refractivity contribution in [1.82, 2.24) is 14.5 Å². The Morgan fingerprint density at radius 1 is 1.47 bits per heavy atom. The van der Waals surface area contributed by atoms with E-state index in [1.165, 1.54) is 12.8 Å². The van der Waals surface area contributed by atoms with Crippen LogP contribution in [0.15, 0.2) is 12.4 Å². The van der Waals surface area contributed by atoms with E-state index in [0.717, 1.165) is 25.5 Å². The van der Waals surface area contributed by atoms with Crippen LogP contribution in [0.1, 0.15) is 25.6 Å². The highest BCUT2D eigenvalue weighted by Crippen LogP contribution is 2.20. The third kappa shape index (κ3) is 3.69. The Bertz CT molecular complexity index is 329. The highest BCUT2D eigenvalue weighted by Gasteiger charge is 2.22. The van der Waals surface area contributed by atoms with Crippen LogP contribution >= 0.6 is 12.4 Å². The van der Waals surface area contributed by atoms with Gasteiger partial charge in [0.2, 0.25) is 0 Å². The van der Waals surface area contributed by atoms with E-state index in [2.05, 4.69) is 28.4 Å². The van der Waals surface area contributed by atoms with E-state index in [-0.39, 0.29) is 12.4 Å². The predicted octanol–water partition coefficient (Wildman–Crippen LogP) is 1.40. The minimum atomic E-state index is 0. The van der Waals surface area contributed by atoms with Crippen molar-refractivity contribution in [3.05, 3.63) is 18.2 Å². The zero-order valence-electron chi connectivity index (χ0n) is 10.7. The van der Waals surface area contributed by atoms with Gasteiger partial charge in [-0.1, -0.05) is 0 Å². The maximum Gasteiger partial charge on any atom is 0.122 e. The molecule has 1 aliphatic heterocycles. The van der Waals surface area contributed by atoms with E-state index in [9.17, 15) is 0 Å². The Kier molecular flexibility index (Phi) is 5.43. The summed E-state index contributed by atoms with van der Waals surface area (Å²) in [6, 6.07) is 0.343. The summed E-state index contributed by atoms with van der Waals surface area (Å²) < 4.78 is 2.09. The van der Waals surface area contributed by atoms with Gasteiger partial charge in [-0.25, -0.2) is 4.98 Å². The van der Waals surface area contributed by atoms with Crippen molar-refractivity contribution in [2.24, 2.45) is 18.7 Å². The van der Waals surface area contributed by atoms with Gasteiger partial charge in [0, 0.05) is 25.5 Å². The van der Waals surface area contributed by atoms with Crippen molar-refractivity contribution < 1.29 is 0 Å². The summed E-state index contributed by atoms with van der Waals surface area (Å²) >= 11 is 0. The molecule has 1 aliphatic rings. The second-order valence-corrected chi connectivity index (χ2v) is 4.93. The molecule has 2 rings (SSSR count). The number of hydrogen-bond donors (Lipinski definition) is 1. The first kappa shape index (κ1) is 14.5. The Morgan fingerprint density at radius 3 is 2.59 bits per heavy atom. The molecule has 0 radical (unpaired) electrons. The van der Waals surface area contributed by atoms with Crippen LogP contribution in [0.4, 0.5) is 0 Å². The molecular weight excluding hydrogens is 236 g/mol. The van der Waals surface area contributed by atoms with Gasteiger partial charge in [0.05, 0.1) is 6.54 Å². The first-order chi connectivity index (χ1) is 7.66. The molecule has 4 nitrogen and oxygen atoms in total. The summed E-state index contributed by atoms with van der Waals surface area (Å²) in [5.41, 5.74) is 5.94. The summed E-state index contributed by atoms with van der Waals surface area (Å²) in [4.78, 5) is 6.83. The molecule has 1 fully saturated rings. The molecule has 17 heavy (non-hydrogen) atoms. The van der Waals surface area contributed by atoms with Crippen molar-refractivity contribution >= 4 is 12.4 Å². The maximum atomic E-state index is 5.94. The van der Waals surface area contributed by atoms with Crippen LogP contribution in [-0.4, -0.2) is 33.6 Å². The normalized spacial score (nSPS) is 19.9. The summed E-state index contributed by atoms with van der Waals surface area (Å²) in [5, 5.41) is 0. The Balaban J connectivity index is 0.00000144. The fourth-order valence-electron chi connectivity index (χ4n) is 2.39. The van der Waals surface area contributed by atoms with Gasteiger partial charge in [0.15, 0.2) is 0 Å². The third-order valence-corrected chi connectivity index (χ3v) is 3.66. The van der Waals surface area contributed by atoms with Gasteiger partial charge in [-0.2, -0.15) is 0 Å². The van der Waals surface area contributed by atoms with E-state index in [1.54, 1.807) is 0 Å². The van der Waals surface area contributed by atoms with E-state index in [1.807, 2.05) is 12.4 Å². The Labute approximate surface area is 110 Å². The number of imidazole rings is 1. The zero-order chi connectivity index (χ0) is 11.5. The quantitative estimate of drug-likeness (QED) is 0.892. The summed E-state index contributed by atoms with van der Waals surface area (Å²) in [7, 11) is 2.05. The maximum absolute atomic E-state index is 5.94. The number of likely N-dealkylation sites (tertiary alicyclic amines) is 1. The fourth-order valence-corrected chi connectivity index (χ4v) is 2.39. The number of halogens is 1. The van der Waals surface area contributed by atoms with Crippen LogP contribution in [0.25, 0.3) is 0 Å². The van der Waals surface area contributed by atoms with Gasteiger partial charge in [-0.15, -0.1) is 12.4 Å². The third-order valence-electron chi connectivity index (χ3n) is 3.66. The zero-order valence-corrected chi connectivity index (χ0v) is 11.5. The average Bonchev–Trinajstić information content (AvgIpc) is 2.65. The molecule has 1 atom stereocenters. The molecule has 0 amide bonds. The number of piperidine rings is 1. The smallest absolute Gasteiger partial charge is 0.122 e. The van der Waals surface area contributed by atoms with E-state index in [4.69, 9.17) is 5.73 Å². The van der Waals surface area contributed by atoms with Gasteiger partial charge < -0.3 is 10.3 Å². The average molecular weight is 259 g/mol. The second kappa shape index (κ2) is 6.38. The fraction of sp³-hybridized carbons (Fsp3) is 0.750. The van der Waals surface area contributed by atoms with Crippen molar-refractivity contribution in [3.63, 3.8) is 0 Å². The van der Waals surface area contributed by atoms with Crippen LogP contribution in [0, 0.1) is 5.92 Å². The molecule has 1 saturated heterocycles. The lowest BCUT2D eigenvalue weighted by Crippen LogP contribution is -2.39. The topological polar surface area (TPSA) is 47.1 Å². The monoisotopic (exact) mass is 258 g/mol.